The molecule has 0 fully saturated rings. The van der Waals surface area contributed by atoms with Crippen LogP contribution < -0.4 is 20.7 Å². The number of halogens is 1. The van der Waals surface area contributed by atoms with Crippen molar-refractivity contribution in [2.75, 3.05) is 23.1 Å². The van der Waals surface area contributed by atoms with Crippen molar-refractivity contribution in [1.82, 2.24) is 0 Å². The van der Waals surface area contributed by atoms with Gasteiger partial charge < -0.3 is 20.7 Å². The summed E-state index contributed by atoms with van der Waals surface area (Å²) in [4.78, 5) is 27.3. The fourth-order valence-electron chi connectivity index (χ4n) is 4.04. The maximum Gasteiger partial charge on any atom is 0.255 e. The van der Waals surface area contributed by atoms with Crippen LogP contribution in [0.2, 0.25) is 5.02 Å². The lowest BCUT2D eigenvalue weighted by atomic mass is 9.82. The van der Waals surface area contributed by atoms with Gasteiger partial charge in [-0.15, -0.1) is 0 Å². The van der Waals surface area contributed by atoms with Gasteiger partial charge in [0.25, 0.3) is 11.8 Å². The van der Waals surface area contributed by atoms with Crippen molar-refractivity contribution in [3.63, 3.8) is 0 Å². The van der Waals surface area contributed by atoms with E-state index in [9.17, 15) is 9.59 Å². The second-order valence-corrected chi connectivity index (χ2v) is 9.12. The van der Waals surface area contributed by atoms with Gasteiger partial charge in [-0.1, -0.05) is 66.7 Å². The Hall–Kier alpha value is -4.55. The van der Waals surface area contributed by atoms with Gasteiger partial charge in [0, 0.05) is 34.1 Å². The molecule has 4 aromatic carbocycles. The Morgan fingerprint density at radius 1 is 0.763 bits per heavy atom. The molecule has 0 saturated carbocycles. The van der Waals surface area contributed by atoms with E-state index in [0.717, 1.165) is 0 Å². The van der Waals surface area contributed by atoms with Gasteiger partial charge in [0.2, 0.25) is 0 Å². The molecule has 4 rings (SSSR count). The Morgan fingerprint density at radius 3 is 1.92 bits per heavy atom. The smallest absolute Gasteiger partial charge is 0.255 e. The van der Waals surface area contributed by atoms with Crippen molar-refractivity contribution in [3.05, 3.63) is 132 Å². The largest absolute Gasteiger partial charge is 0.497 e. The van der Waals surface area contributed by atoms with Crippen molar-refractivity contribution >= 4 is 40.5 Å². The zero-order valence-electron chi connectivity index (χ0n) is 20.9. The molecule has 0 radical (unpaired) electrons. The highest BCUT2D eigenvalue weighted by Gasteiger charge is 2.42. The van der Waals surface area contributed by atoms with Crippen LogP contribution in [0.5, 0.6) is 5.75 Å². The minimum Gasteiger partial charge on any atom is -0.497 e. The summed E-state index contributed by atoms with van der Waals surface area (Å²) >= 11 is 5.97. The van der Waals surface area contributed by atoms with Crippen molar-refractivity contribution < 1.29 is 14.3 Å². The molecule has 1 unspecified atom stereocenters. The molecule has 38 heavy (non-hydrogen) atoms. The van der Waals surface area contributed by atoms with Gasteiger partial charge in [0.1, 0.15) is 11.3 Å². The van der Waals surface area contributed by atoms with Crippen molar-refractivity contribution in [1.29, 1.82) is 0 Å². The normalized spacial score (nSPS) is 12.1. The lowest BCUT2D eigenvalue weighted by Gasteiger charge is -2.35. The van der Waals surface area contributed by atoms with Gasteiger partial charge >= 0.3 is 0 Å². The van der Waals surface area contributed by atoms with Gasteiger partial charge in [0.05, 0.1) is 7.11 Å². The standard InChI is InChI=1S/C31H28ClN3O3/c1-22(29(36)33-26-15-13-24(32)14-16-26)21-31(23-9-5-3-6-10-23,30(37)34-25-11-7-4-8-12-25)35-27-17-19-28(38-2)20-18-27/h3-20,35H,1,21H2,2H3,(H,33,36)(H,34,37). The van der Waals surface area contributed by atoms with Crippen LogP contribution in [0, 0.1) is 0 Å². The highest BCUT2D eigenvalue weighted by Crippen LogP contribution is 2.35. The van der Waals surface area contributed by atoms with Crippen molar-refractivity contribution in [3.8, 4) is 5.75 Å². The Balaban J connectivity index is 1.73. The molecule has 6 nitrogen and oxygen atoms in total. The monoisotopic (exact) mass is 525 g/mol. The van der Waals surface area contributed by atoms with E-state index in [1.54, 1.807) is 43.5 Å². The van der Waals surface area contributed by atoms with Crippen LogP contribution in [-0.2, 0) is 15.1 Å². The average molecular weight is 526 g/mol. The molecule has 0 aliphatic carbocycles. The Morgan fingerprint density at radius 2 is 1.32 bits per heavy atom. The predicted octanol–water partition coefficient (Wildman–Crippen LogP) is 6.88. The number of carbonyl (C=O) groups is 2. The molecule has 4 aromatic rings. The summed E-state index contributed by atoms with van der Waals surface area (Å²) in [6.45, 7) is 4.06. The van der Waals surface area contributed by atoms with E-state index >= 15 is 0 Å². The summed E-state index contributed by atoms with van der Waals surface area (Å²) in [6, 6.07) is 32.5. The second-order valence-electron chi connectivity index (χ2n) is 8.69. The minimum atomic E-state index is -1.37. The molecule has 0 aliphatic heterocycles. The number of para-hydroxylation sites is 1. The first-order chi connectivity index (χ1) is 18.4. The fraction of sp³-hybridized carbons (Fsp3) is 0.0968. The van der Waals surface area contributed by atoms with Crippen molar-refractivity contribution in [2.45, 2.75) is 12.0 Å². The van der Waals surface area contributed by atoms with Crippen LogP contribution in [0.4, 0.5) is 17.1 Å². The number of amides is 2. The van der Waals surface area contributed by atoms with E-state index in [2.05, 4.69) is 22.5 Å². The molecule has 7 heteroatoms. The van der Waals surface area contributed by atoms with Crippen LogP contribution in [-0.4, -0.2) is 18.9 Å². The SMILES string of the molecule is C=C(CC(Nc1ccc(OC)cc1)(C(=O)Nc1ccccc1)c1ccccc1)C(=O)Nc1ccc(Cl)cc1. The summed E-state index contributed by atoms with van der Waals surface area (Å²) in [5.41, 5.74) is 1.38. The van der Waals surface area contributed by atoms with Crippen LogP contribution in [0.25, 0.3) is 0 Å². The number of carbonyl (C=O) groups excluding carboxylic acids is 2. The van der Waals surface area contributed by atoms with Crippen LogP contribution in [0.3, 0.4) is 0 Å². The Labute approximate surface area is 227 Å². The van der Waals surface area contributed by atoms with E-state index in [1.165, 1.54) is 0 Å². The minimum absolute atomic E-state index is 0.0128. The average Bonchev–Trinajstić information content (AvgIpc) is 2.95. The number of benzene rings is 4. The first-order valence-electron chi connectivity index (χ1n) is 12.0. The van der Waals surface area contributed by atoms with Gasteiger partial charge in [-0.3, -0.25) is 9.59 Å². The molecular weight excluding hydrogens is 498 g/mol. The molecule has 0 bridgehead atoms. The number of hydrogen-bond donors (Lipinski definition) is 3. The third-order valence-electron chi connectivity index (χ3n) is 6.04. The topological polar surface area (TPSA) is 79.5 Å². The molecule has 1 atom stereocenters. The van der Waals surface area contributed by atoms with Gasteiger partial charge in [0.15, 0.2) is 0 Å². The van der Waals surface area contributed by atoms with Crippen LogP contribution in [0.15, 0.2) is 121 Å². The molecule has 0 heterocycles. The third-order valence-corrected chi connectivity index (χ3v) is 6.29. The molecule has 0 saturated heterocycles. The number of anilines is 3. The molecule has 0 aromatic heterocycles. The molecule has 0 spiro atoms. The first kappa shape index (κ1) is 26.5. The maximum absolute atomic E-state index is 14.1. The van der Waals surface area contributed by atoms with E-state index in [1.807, 2.05) is 72.8 Å². The summed E-state index contributed by atoms with van der Waals surface area (Å²) in [6.07, 6.45) is -0.0128. The van der Waals surface area contributed by atoms with E-state index in [-0.39, 0.29) is 17.9 Å². The summed E-state index contributed by atoms with van der Waals surface area (Å²) in [7, 11) is 1.59. The lowest BCUT2D eigenvalue weighted by molar-refractivity contribution is -0.120. The van der Waals surface area contributed by atoms with E-state index < -0.39 is 11.4 Å². The Kier molecular flexibility index (Phi) is 8.46. The first-order valence-corrected chi connectivity index (χ1v) is 12.4. The Bertz CT molecular complexity index is 1390. The number of ether oxygens (including phenoxy) is 1. The van der Waals surface area contributed by atoms with E-state index in [0.29, 0.717) is 33.4 Å². The summed E-state index contributed by atoms with van der Waals surface area (Å²) in [5, 5.41) is 9.82. The number of rotatable bonds is 10. The van der Waals surface area contributed by atoms with Gasteiger partial charge in [-0.2, -0.15) is 0 Å². The highest BCUT2D eigenvalue weighted by atomic mass is 35.5. The summed E-state index contributed by atoms with van der Waals surface area (Å²) in [5.74, 6) is -0.0656. The van der Waals surface area contributed by atoms with E-state index in [4.69, 9.17) is 16.3 Å². The molecule has 2 amide bonds. The molecule has 192 valence electrons. The quantitative estimate of drug-likeness (QED) is 0.197. The van der Waals surface area contributed by atoms with Crippen LogP contribution in [0.1, 0.15) is 12.0 Å². The molecule has 0 aliphatic rings. The number of methoxy groups -OCH3 is 1. The third kappa shape index (κ3) is 6.41. The zero-order valence-corrected chi connectivity index (χ0v) is 21.7. The molecular formula is C31H28ClN3O3. The predicted molar refractivity (Wildman–Crippen MR) is 154 cm³/mol. The van der Waals surface area contributed by atoms with Gasteiger partial charge in [-0.05, 0) is 66.2 Å². The second kappa shape index (κ2) is 12.1. The fourth-order valence-corrected chi connectivity index (χ4v) is 4.17. The number of hydrogen-bond acceptors (Lipinski definition) is 4. The maximum atomic E-state index is 14.1. The summed E-state index contributed by atoms with van der Waals surface area (Å²) < 4.78 is 5.29. The highest BCUT2D eigenvalue weighted by molar-refractivity contribution is 6.30. The van der Waals surface area contributed by atoms with Gasteiger partial charge in [-0.25, -0.2) is 0 Å². The lowest BCUT2D eigenvalue weighted by Crippen LogP contribution is -2.48. The number of nitrogens with one attached hydrogen (secondary N) is 3. The zero-order chi connectivity index (χ0) is 27.0. The molecule has 3 N–H and O–H groups in total. The van der Waals surface area contributed by atoms with Crippen molar-refractivity contribution in [2.24, 2.45) is 0 Å². The van der Waals surface area contributed by atoms with Crippen LogP contribution >= 0.6 is 11.6 Å².